The molecule has 3 heterocycles. The number of amides is 1. The van der Waals surface area contributed by atoms with E-state index in [0.29, 0.717) is 29.5 Å². The number of carbonyl (C=O) groups excluding carboxylic acids is 1. The first-order valence-electron chi connectivity index (χ1n) is 11.4. The van der Waals surface area contributed by atoms with Gasteiger partial charge >= 0.3 is 0 Å². The molecule has 8 N–H and O–H groups in total. The number of aromatic nitrogens is 5. The highest BCUT2D eigenvalue weighted by molar-refractivity contribution is 5.99. The Morgan fingerprint density at radius 2 is 1.92 bits per heavy atom. The largest absolute Gasteiger partial charge is 0.404 e. The second kappa shape index (κ2) is 9.63. The van der Waals surface area contributed by atoms with Crippen molar-refractivity contribution in [3.05, 3.63) is 90.3 Å². The third-order valence-electron chi connectivity index (χ3n) is 5.84. The number of carbonyl (C=O) groups is 1. The summed E-state index contributed by atoms with van der Waals surface area (Å²) in [6.07, 6.45) is 6.90. The molecule has 0 unspecified atom stereocenters. The molecule has 0 spiro atoms. The molecule has 10 nitrogen and oxygen atoms in total. The number of rotatable bonds is 7. The summed E-state index contributed by atoms with van der Waals surface area (Å²) in [5, 5.41) is 15.0. The molecule has 0 fully saturated rings. The van der Waals surface area contributed by atoms with Gasteiger partial charge in [-0.15, -0.1) is 0 Å². The number of nitrogens with one attached hydrogen (secondary N) is 4. The van der Waals surface area contributed by atoms with Crippen LogP contribution in [0.1, 0.15) is 23.8 Å². The Labute approximate surface area is 206 Å². The summed E-state index contributed by atoms with van der Waals surface area (Å²) in [4.78, 5) is 25.1. The summed E-state index contributed by atoms with van der Waals surface area (Å²) >= 11 is 0. The van der Waals surface area contributed by atoms with Gasteiger partial charge < -0.3 is 27.1 Å². The highest BCUT2D eigenvalue weighted by atomic mass is 16.1. The maximum Gasteiger partial charge on any atom is 0.272 e. The van der Waals surface area contributed by atoms with Crippen molar-refractivity contribution in [1.29, 1.82) is 0 Å². The number of hydrogen-bond donors (Lipinski definition) is 6. The molecule has 180 valence electrons. The van der Waals surface area contributed by atoms with Gasteiger partial charge in [0.25, 0.3) is 5.91 Å². The third-order valence-corrected chi connectivity index (χ3v) is 5.84. The molecule has 2 aromatic carbocycles. The van der Waals surface area contributed by atoms with Crippen molar-refractivity contribution in [2.45, 2.75) is 13.3 Å². The van der Waals surface area contributed by atoms with E-state index in [2.05, 4.69) is 35.8 Å². The minimum absolute atomic E-state index is 0.311. The van der Waals surface area contributed by atoms with Crippen LogP contribution in [-0.2, 0) is 0 Å². The van der Waals surface area contributed by atoms with Crippen LogP contribution in [0.15, 0.2) is 84.6 Å². The minimum atomic E-state index is -0.311. The molecule has 1 amide bonds. The summed E-state index contributed by atoms with van der Waals surface area (Å²) < 4.78 is 0. The van der Waals surface area contributed by atoms with Crippen molar-refractivity contribution >= 4 is 39.2 Å². The lowest BCUT2D eigenvalue weighted by Gasteiger charge is -2.10. The molecular weight excluding hydrogens is 454 g/mol. The number of benzene rings is 2. The van der Waals surface area contributed by atoms with E-state index < -0.39 is 0 Å². The van der Waals surface area contributed by atoms with Crippen LogP contribution in [0.25, 0.3) is 33.2 Å². The maximum atomic E-state index is 12.8. The Balaban J connectivity index is 1.38. The second-order valence-corrected chi connectivity index (χ2v) is 8.13. The van der Waals surface area contributed by atoms with Crippen molar-refractivity contribution in [2.75, 3.05) is 5.32 Å². The molecule has 0 aliphatic carbocycles. The van der Waals surface area contributed by atoms with Crippen LogP contribution >= 0.6 is 0 Å². The topological polar surface area (TPSA) is 163 Å². The van der Waals surface area contributed by atoms with Crippen molar-refractivity contribution in [3.63, 3.8) is 0 Å². The Kier molecular flexibility index (Phi) is 6.06. The van der Waals surface area contributed by atoms with E-state index in [1.165, 1.54) is 12.4 Å². The van der Waals surface area contributed by atoms with E-state index in [-0.39, 0.29) is 5.91 Å². The number of nitrogens with zero attached hydrogens (tertiary/aromatic N) is 3. The summed E-state index contributed by atoms with van der Waals surface area (Å²) in [5.41, 5.74) is 16.4. The predicted octanol–water partition coefficient (Wildman–Crippen LogP) is 4.03. The Morgan fingerprint density at radius 1 is 1.03 bits per heavy atom. The zero-order valence-corrected chi connectivity index (χ0v) is 19.5. The molecule has 0 saturated carbocycles. The highest BCUT2D eigenvalue weighted by Crippen LogP contribution is 2.25. The monoisotopic (exact) mass is 479 g/mol. The van der Waals surface area contributed by atoms with Gasteiger partial charge in [0, 0.05) is 39.9 Å². The summed E-state index contributed by atoms with van der Waals surface area (Å²) in [7, 11) is 0. The van der Waals surface area contributed by atoms with Gasteiger partial charge in [0.2, 0.25) is 0 Å². The first kappa shape index (κ1) is 22.7. The fourth-order valence-electron chi connectivity index (χ4n) is 3.94. The van der Waals surface area contributed by atoms with Gasteiger partial charge in [0.05, 0.1) is 17.4 Å². The Hall–Kier alpha value is -5.12. The van der Waals surface area contributed by atoms with E-state index in [1.54, 1.807) is 18.5 Å². The van der Waals surface area contributed by atoms with Crippen molar-refractivity contribution in [3.8, 4) is 11.4 Å². The van der Waals surface area contributed by atoms with Crippen LogP contribution in [0.2, 0.25) is 0 Å². The van der Waals surface area contributed by atoms with Crippen molar-refractivity contribution in [1.82, 2.24) is 30.5 Å². The maximum absolute atomic E-state index is 12.8. The average molecular weight is 480 g/mol. The van der Waals surface area contributed by atoms with E-state index >= 15 is 0 Å². The van der Waals surface area contributed by atoms with E-state index in [1.807, 2.05) is 49.4 Å². The first-order chi connectivity index (χ1) is 17.6. The van der Waals surface area contributed by atoms with E-state index in [9.17, 15) is 4.79 Å². The van der Waals surface area contributed by atoms with E-state index in [0.717, 1.165) is 38.6 Å². The van der Waals surface area contributed by atoms with Crippen LogP contribution in [0.5, 0.6) is 0 Å². The van der Waals surface area contributed by atoms with Crippen LogP contribution < -0.4 is 22.1 Å². The van der Waals surface area contributed by atoms with Gasteiger partial charge in [-0.2, -0.15) is 5.10 Å². The molecule has 0 radical (unpaired) electrons. The number of allylic oxidation sites excluding steroid dienone is 1. The molecule has 0 aliphatic rings. The SMILES string of the molecule is CCC(=C/N)/C(=C\N)NC(=O)c1cc2ccc(-c3nccc(Nc4ccc5[nH]ncc5c4)n3)cc2[nH]1. The molecule has 5 rings (SSSR count). The average Bonchev–Trinajstić information content (AvgIpc) is 3.55. The number of aromatic amines is 2. The summed E-state index contributed by atoms with van der Waals surface area (Å²) in [6.45, 7) is 1.93. The molecule has 10 heteroatoms. The van der Waals surface area contributed by atoms with Gasteiger partial charge in [0.15, 0.2) is 5.82 Å². The number of nitrogens with two attached hydrogens (primary N) is 2. The number of H-pyrrole nitrogens is 2. The highest BCUT2D eigenvalue weighted by Gasteiger charge is 2.14. The fourth-order valence-corrected chi connectivity index (χ4v) is 3.94. The first-order valence-corrected chi connectivity index (χ1v) is 11.4. The van der Waals surface area contributed by atoms with Crippen LogP contribution in [0.3, 0.4) is 0 Å². The van der Waals surface area contributed by atoms with Crippen molar-refractivity contribution < 1.29 is 4.79 Å². The third kappa shape index (κ3) is 4.47. The molecule has 0 atom stereocenters. The normalized spacial score (nSPS) is 12.2. The molecule has 0 aliphatic heterocycles. The zero-order chi connectivity index (χ0) is 25.1. The summed E-state index contributed by atoms with van der Waals surface area (Å²) in [5.74, 6) is 0.908. The van der Waals surface area contributed by atoms with Gasteiger partial charge in [-0.3, -0.25) is 9.89 Å². The standard InChI is InChI=1S/C26H25N9O/c1-2-15(12-27)23(13-28)33-26(36)22-10-16-3-4-17(11-21(16)32-22)25-29-8-7-24(34-25)31-19-5-6-20-18(9-19)14-30-35-20/h3-14,32H,2,27-28H2,1H3,(H,30,35)(H,33,36)(H,29,31,34)/b15-12-,23-13+. The smallest absolute Gasteiger partial charge is 0.272 e. The second-order valence-electron chi connectivity index (χ2n) is 8.13. The van der Waals surface area contributed by atoms with Crippen LogP contribution in [-0.4, -0.2) is 31.1 Å². The molecule has 36 heavy (non-hydrogen) atoms. The number of hydrogen-bond acceptors (Lipinski definition) is 7. The lowest BCUT2D eigenvalue weighted by atomic mass is 10.1. The fraction of sp³-hybridized carbons (Fsp3) is 0.0769. The molecular formula is C26H25N9O. The predicted molar refractivity (Wildman–Crippen MR) is 141 cm³/mol. The lowest BCUT2D eigenvalue weighted by molar-refractivity contribution is 0.0962. The van der Waals surface area contributed by atoms with Crippen LogP contribution in [0.4, 0.5) is 11.5 Å². The van der Waals surface area contributed by atoms with Gasteiger partial charge in [0.1, 0.15) is 11.5 Å². The van der Waals surface area contributed by atoms with Gasteiger partial charge in [-0.05, 0) is 54.6 Å². The quantitative estimate of drug-likeness (QED) is 0.192. The molecule has 0 saturated heterocycles. The number of anilines is 2. The Bertz CT molecular complexity index is 1630. The lowest BCUT2D eigenvalue weighted by Crippen LogP contribution is -2.25. The molecule has 0 bridgehead atoms. The molecule has 5 aromatic rings. The minimum Gasteiger partial charge on any atom is -0.404 e. The Morgan fingerprint density at radius 3 is 2.72 bits per heavy atom. The van der Waals surface area contributed by atoms with Gasteiger partial charge in [-0.1, -0.05) is 19.1 Å². The summed E-state index contributed by atoms with van der Waals surface area (Å²) in [6, 6.07) is 15.3. The molecule has 3 aromatic heterocycles. The van der Waals surface area contributed by atoms with Gasteiger partial charge in [-0.25, -0.2) is 9.97 Å². The van der Waals surface area contributed by atoms with Crippen LogP contribution in [0, 0.1) is 0 Å². The number of fused-ring (bicyclic) bond motifs is 2. The van der Waals surface area contributed by atoms with E-state index in [4.69, 9.17) is 11.5 Å². The zero-order valence-electron chi connectivity index (χ0n) is 19.5. The van der Waals surface area contributed by atoms with Crippen molar-refractivity contribution in [2.24, 2.45) is 11.5 Å².